The molecule has 1 aliphatic heterocycles. The van der Waals surface area contributed by atoms with Gasteiger partial charge in [0, 0.05) is 19.6 Å². The molecule has 1 aliphatic carbocycles. The number of nitrogens with one attached hydrogen (secondary N) is 2. The van der Waals surface area contributed by atoms with Gasteiger partial charge in [-0.2, -0.15) is 0 Å². The molecule has 110 valence electrons. The van der Waals surface area contributed by atoms with Crippen LogP contribution < -0.4 is 10.6 Å². The van der Waals surface area contributed by atoms with E-state index in [9.17, 15) is 4.79 Å². The van der Waals surface area contributed by atoms with Crippen LogP contribution in [0, 0.1) is 11.3 Å². The van der Waals surface area contributed by atoms with Crippen LogP contribution >= 0.6 is 12.4 Å². The number of hydrogen-bond acceptors (Lipinski definition) is 2. The van der Waals surface area contributed by atoms with Crippen LogP contribution in [0.4, 0.5) is 0 Å². The van der Waals surface area contributed by atoms with Crippen molar-refractivity contribution in [2.24, 2.45) is 11.3 Å². The molecule has 2 aliphatic rings. The molecule has 1 saturated carbocycles. The van der Waals surface area contributed by atoms with Crippen molar-refractivity contribution >= 4 is 18.3 Å². The summed E-state index contributed by atoms with van der Waals surface area (Å²) in [4.78, 5) is 11.9. The lowest BCUT2D eigenvalue weighted by Crippen LogP contribution is -2.53. The van der Waals surface area contributed by atoms with Gasteiger partial charge in [0.1, 0.15) is 0 Å². The van der Waals surface area contributed by atoms with Crippen molar-refractivity contribution in [3.63, 3.8) is 0 Å². The third-order valence-electron chi connectivity index (χ3n) is 4.63. The van der Waals surface area contributed by atoms with Crippen molar-refractivity contribution in [2.45, 2.75) is 25.7 Å². The highest BCUT2D eigenvalue weighted by molar-refractivity contribution is 5.85. The van der Waals surface area contributed by atoms with Gasteiger partial charge < -0.3 is 10.6 Å². The molecule has 0 bridgehead atoms. The molecule has 2 fully saturated rings. The fourth-order valence-corrected chi connectivity index (χ4v) is 3.01. The van der Waals surface area contributed by atoms with Gasteiger partial charge in [-0.25, -0.2) is 0 Å². The molecule has 0 unspecified atom stereocenters. The van der Waals surface area contributed by atoms with Gasteiger partial charge in [0.15, 0.2) is 0 Å². The van der Waals surface area contributed by atoms with Gasteiger partial charge >= 0.3 is 0 Å². The van der Waals surface area contributed by atoms with Crippen LogP contribution in [0.15, 0.2) is 30.3 Å². The largest absolute Gasteiger partial charge is 0.355 e. The Morgan fingerprint density at radius 3 is 2.45 bits per heavy atom. The maximum absolute atomic E-state index is 11.9. The molecule has 2 N–H and O–H groups in total. The molecule has 0 radical (unpaired) electrons. The zero-order valence-corrected chi connectivity index (χ0v) is 12.5. The first kappa shape index (κ1) is 15.3. The number of carbonyl (C=O) groups excluding carboxylic acids is 1. The molecular weight excluding hydrogens is 272 g/mol. The van der Waals surface area contributed by atoms with Crippen molar-refractivity contribution in [2.75, 3.05) is 19.6 Å². The Kier molecular flexibility index (Phi) is 5.06. The second-order valence-electron chi connectivity index (χ2n) is 6.09. The van der Waals surface area contributed by atoms with E-state index in [4.69, 9.17) is 0 Å². The third-order valence-corrected chi connectivity index (χ3v) is 4.63. The van der Waals surface area contributed by atoms with E-state index in [2.05, 4.69) is 41.0 Å². The number of benzene rings is 1. The second-order valence-corrected chi connectivity index (χ2v) is 6.09. The quantitative estimate of drug-likeness (QED) is 0.874. The number of halogens is 1. The molecule has 0 spiro atoms. The fourth-order valence-electron chi connectivity index (χ4n) is 3.01. The van der Waals surface area contributed by atoms with Gasteiger partial charge in [-0.1, -0.05) is 36.8 Å². The standard InChI is InChI=1S/C16H22N2O.ClH/c19-15(14-10-17-11-14)18-12-16(7-4-8-16)9-13-5-2-1-3-6-13;/h1-3,5-6,14,17H,4,7-12H2,(H,18,19);1H. The summed E-state index contributed by atoms with van der Waals surface area (Å²) in [7, 11) is 0. The van der Waals surface area contributed by atoms with Gasteiger partial charge in [-0.05, 0) is 30.2 Å². The molecule has 1 heterocycles. The number of hydrogen-bond donors (Lipinski definition) is 2. The molecule has 4 heteroatoms. The molecule has 20 heavy (non-hydrogen) atoms. The predicted molar refractivity (Wildman–Crippen MR) is 83.0 cm³/mol. The summed E-state index contributed by atoms with van der Waals surface area (Å²) in [6, 6.07) is 10.6. The molecule has 1 aromatic rings. The predicted octanol–water partition coefficient (Wildman–Crippen LogP) is 2.16. The van der Waals surface area contributed by atoms with Gasteiger partial charge in [0.2, 0.25) is 5.91 Å². The Morgan fingerprint density at radius 1 is 1.25 bits per heavy atom. The summed E-state index contributed by atoms with van der Waals surface area (Å²) < 4.78 is 0. The van der Waals surface area contributed by atoms with Crippen LogP contribution in [-0.2, 0) is 11.2 Å². The smallest absolute Gasteiger partial charge is 0.225 e. The number of carbonyl (C=O) groups is 1. The van der Waals surface area contributed by atoms with Crippen LogP contribution in [0.25, 0.3) is 0 Å². The van der Waals surface area contributed by atoms with Crippen molar-refractivity contribution < 1.29 is 4.79 Å². The minimum absolute atomic E-state index is 0. The van der Waals surface area contributed by atoms with Crippen LogP contribution in [0.1, 0.15) is 24.8 Å². The summed E-state index contributed by atoms with van der Waals surface area (Å²) in [5.41, 5.74) is 1.70. The SMILES string of the molecule is Cl.O=C(NCC1(Cc2ccccc2)CCC1)C1CNC1. The van der Waals surface area contributed by atoms with Crippen molar-refractivity contribution in [1.29, 1.82) is 0 Å². The van der Waals surface area contributed by atoms with Crippen LogP contribution in [0.3, 0.4) is 0 Å². The third kappa shape index (κ3) is 3.33. The lowest BCUT2D eigenvalue weighted by Gasteiger charge is -2.43. The first-order chi connectivity index (χ1) is 9.27. The zero-order chi connectivity index (χ0) is 13.1. The van der Waals surface area contributed by atoms with E-state index in [-0.39, 0.29) is 24.2 Å². The Morgan fingerprint density at radius 2 is 1.95 bits per heavy atom. The number of amides is 1. The van der Waals surface area contributed by atoms with E-state index in [1.165, 1.54) is 24.8 Å². The highest BCUT2D eigenvalue weighted by Crippen LogP contribution is 2.43. The van der Waals surface area contributed by atoms with Crippen LogP contribution in [0.2, 0.25) is 0 Å². The molecule has 0 aromatic heterocycles. The van der Waals surface area contributed by atoms with Crippen molar-refractivity contribution in [1.82, 2.24) is 10.6 Å². The molecule has 1 aromatic carbocycles. The molecule has 3 rings (SSSR count). The van der Waals surface area contributed by atoms with Gasteiger partial charge in [0.05, 0.1) is 5.92 Å². The molecule has 0 atom stereocenters. The average molecular weight is 295 g/mol. The van der Waals surface area contributed by atoms with Gasteiger partial charge in [-0.3, -0.25) is 4.79 Å². The van der Waals surface area contributed by atoms with Crippen LogP contribution in [-0.4, -0.2) is 25.5 Å². The van der Waals surface area contributed by atoms with Gasteiger partial charge in [-0.15, -0.1) is 12.4 Å². The summed E-state index contributed by atoms with van der Waals surface area (Å²) in [5, 5.41) is 6.31. The fraction of sp³-hybridized carbons (Fsp3) is 0.562. The maximum Gasteiger partial charge on any atom is 0.225 e. The summed E-state index contributed by atoms with van der Waals surface area (Å²) in [5.74, 6) is 0.437. The monoisotopic (exact) mass is 294 g/mol. The Hall–Kier alpha value is -1.06. The van der Waals surface area contributed by atoms with E-state index in [1.54, 1.807) is 0 Å². The molecule has 1 amide bonds. The molecule has 3 nitrogen and oxygen atoms in total. The van der Waals surface area contributed by atoms with E-state index < -0.39 is 0 Å². The van der Waals surface area contributed by atoms with Crippen molar-refractivity contribution in [3.05, 3.63) is 35.9 Å². The topological polar surface area (TPSA) is 41.1 Å². The van der Waals surface area contributed by atoms with Crippen LogP contribution in [0.5, 0.6) is 0 Å². The minimum atomic E-state index is 0. The highest BCUT2D eigenvalue weighted by Gasteiger charge is 2.38. The minimum Gasteiger partial charge on any atom is -0.355 e. The average Bonchev–Trinajstić information content (AvgIpc) is 2.31. The lowest BCUT2D eigenvalue weighted by molar-refractivity contribution is -0.127. The first-order valence-electron chi connectivity index (χ1n) is 7.30. The Balaban J connectivity index is 0.00000147. The van der Waals surface area contributed by atoms with Crippen molar-refractivity contribution in [3.8, 4) is 0 Å². The van der Waals surface area contributed by atoms with E-state index in [0.717, 1.165) is 26.1 Å². The zero-order valence-electron chi connectivity index (χ0n) is 11.7. The van der Waals surface area contributed by atoms with E-state index >= 15 is 0 Å². The highest BCUT2D eigenvalue weighted by atomic mass is 35.5. The van der Waals surface area contributed by atoms with Gasteiger partial charge in [0.25, 0.3) is 0 Å². The molecular formula is C16H23ClN2O. The summed E-state index contributed by atoms with van der Waals surface area (Å²) >= 11 is 0. The molecule has 1 saturated heterocycles. The van der Waals surface area contributed by atoms with E-state index in [0.29, 0.717) is 5.41 Å². The normalized spacial score (nSPS) is 20.2. The second kappa shape index (κ2) is 6.59. The maximum atomic E-state index is 11.9. The Labute approximate surface area is 126 Å². The van der Waals surface area contributed by atoms with E-state index in [1.807, 2.05) is 0 Å². The Bertz CT molecular complexity index is 441. The first-order valence-corrected chi connectivity index (χ1v) is 7.30. The summed E-state index contributed by atoms with van der Waals surface area (Å²) in [6.07, 6.45) is 4.88. The number of rotatable bonds is 5. The lowest BCUT2D eigenvalue weighted by atomic mass is 9.65. The summed E-state index contributed by atoms with van der Waals surface area (Å²) in [6.45, 7) is 2.53.